The van der Waals surface area contributed by atoms with E-state index >= 15 is 0 Å². The number of nitriles is 1. The zero-order valence-corrected chi connectivity index (χ0v) is 14.3. The number of phenolic OH excluding ortho intramolecular Hbond substituents is 1. The highest BCUT2D eigenvalue weighted by molar-refractivity contribution is 5.90. The fraction of sp³-hybridized carbons (Fsp3) is 0.150. The van der Waals surface area contributed by atoms with Crippen molar-refractivity contribution < 1.29 is 14.8 Å². The summed E-state index contributed by atoms with van der Waals surface area (Å²) < 4.78 is 5.46. The second-order valence-corrected chi connectivity index (χ2v) is 5.43. The van der Waals surface area contributed by atoms with Gasteiger partial charge in [0, 0.05) is 17.7 Å². The van der Waals surface area contributed by atoms with Crippen molar-refractivity contribution in [3.8, 4) is 17.6 Å². The quantitative estimate of drug-likeness (QED) is 0.261. The predicted molar refractivity (Wildman–Crippen MR) is 99.8 cm³/mol. The molecular weight excluding hydrogens is 332 g/mol. The number of phenols is 1. The normalized spacial score (nSPS) is 10.8. The maximum atomic E-state index is 10.8. The van der Waals surface area contributed by atoms with E-state index in [1.165, 1.54) is 24.3 Å². The molecule has 0 saturated heterocycles. The van der Waals surface area contributed by atoms with Crippen LogP contribution >= 0.6 is 0 Å². The van der Waals surface area contributed by atoms with Gasteiger partial charge in [-0.2, -0.15) is 5.26 Å². The smallest absolute Gasteiger partial charge is 0.269 e. The number of allylic oxidation sites excluding steroid dienone is 2. The zero-order chi connectivity index (χ0) is 19.1. The first-order chi connectivity index (χ1) is 12.5. The molecule has 0 radical (unpaired) electrons. The molecule has 0 heterocycles. The summed E-state index contributed by atoms with van der Waals surface area (Å²) >= 11 is 0. The summed E-state index contributed by atoms with van der Waals surface area (Å²) in [6, 6.07) is 11.3. The van der Waals surface area contributed by atoms with Crippen molar-refractivity contribution in [3.63, 3.8) is 0 Å². The van der Waals surface area contributed by atoms with Gasteiger partial charge in [-0.05, 0) is 54.8 Å². The average molecular weight is 350 g/mol. The van der Waals surface area contributed by atoms with Crippen LogP contribution in [0, 0.1) is 21.4 Å². The van der Waals surface area contributed by atoms with Crippen LogP contribution in [0.3, 0.4) is 0 Å². The minimum absolute atomic E-state index is 0.0393. The Bertz CT molecular complexity index is 893. The lowest BCUT2D eigenvalue weighted by atomic mass is 10.0. The van der Waals surface area contributed by atoms with E-state index in [0.717, 1.165) is 0 Å². The summed E-state index contributed by atoms with van der Waals surface area (Å²) in [6.45, 7) is 5.88. The molecule has 0 spiro atoms. The number of nitro benzene ring substituents is 1. The first kappa shape index (κ1) is 18.7. The highest BCUT2D eigenvalue weighted by Gasteiger charge is 2.11. The van der Waals surface area contributed by atoms with E-state index in [0.29, 0.717) is 41.0 Å². The lowest BCUT2D eigenvalue weighted by molar-refractivity contribution is -0.384. The summed E-state index contributed by atoms with van der Waals surface area (Å²) in [4.78, 5) is 10.3. The Morgan fingerprint density at radius 2 is 2.08 bits per heavy atom. The van der Waals surface area contributed by atoms with E-state index in [9.17, 15) is 20.5 Å². The summed E-state index contributed by atoms with van der Waals surface area (Å²) in [6.07, 6.45) is 3.77. The summed E-state index contributed by atoms with van der Waals surface area (Å²) in [5.74, 6) is 0.386. The van der Waals surface area contributed by atoms with Gasteiger partial charge in [-0.1, -0.05) is 6.08 Å². The standard InChI is InChI=1S/C20H18N2O4/c1-3-5-16-10-14(12-19(20(16)23)26-4-2)11-17(13-21)15-6-8-18(9-7-15)22(24)25/h3,6-12,23H,1,4-5H2,2H3/b17-11+. The van der Waals surface area contributed by atoms with Crippen LogP contribution in [-0.2, 0) is 6.42 Å². The molecule has 0 bridgehead atoms. The molecule has 0 atom stereocenters. The third-order valence-electron chi connectivity index (χ3n) is 3.66. The largest absolute Gasteiger partial charge is 0.504 e. The van der Waals surface area contributed by atoms with Crippen LogP contribution in [0.5, 0.6) is 11.5 Å². The Morgan fingerprint density at radius 3 is 2.62 bits per heavy atom. The number of benzene rings is 2. The monoisotopic (exact) mass is 350 g/mol. The molecule has 26 heavy (non-hydrogen) atoms. The molecule has 132 valence electrons. The van der Waals surface area contributed by atoms with Gasteiger partial charge in [-0.15, -0.1) is 6.58 Å². The summed E-state index contributed by atoms with van der Waals surface area (Å²) in [7, 11) is 0. The molecule has 6 nitrogen and oxygen atoms in total. The molecule has 0 aliphatic heterocycles. The number of nitro groups is 1. The van der Waals surface area contributed by atoms with Crippen molar-refractivity contribution in [2.45, 2.75) is 13.3 Å². The number of non-ortho nitro benzene ring substituents is 1. The SMILES string of the molecule is C=CCc1cc(/C=C(\C#N)c2ccc([N+](=O)[O-])cc2)cc(OCC)c1O. The first-order valence-corrected chi connectivity index (χ1v) is 7.96. The Labute approximate surface area is 151 Å². The topological polar surface area (TPSA) is 96.4 Å². The average Bonchev–Trinajstić information content (AvgIpc) is 2.63. The van der Waals surface area contributed by atoms with Gasteiger partial charge in [0.05, 0.1) is 23.2 Å². The summed E-state index contributed by atoms with van der Waals surface area (Å²) in [5, 5.41) is 30.5. The number of nitrogens with zero attached hydrogens (tertiary/aromatic N) is 2. The van der Waals surface area contributed by atoms with Gasteiger partial charge in [0.25, 0.3) is 5.69 Å². The molecule has 0 fully saturated rings. The van der Waals surface area contributed by atoms with E-state index in [2.05, 4.69) is 12.6 Å². The van der Waals surface area contributed by atoms with Crippen molar-refractivity contribution in [1.29, 1.82) is 5.26 Å². The molecule has 0 unspecified atom stereocenters. The lowest BCUT2D eigenvalue weighted by Gasteiger charge is -2.11. The molecule has 0 amide bonds. The second-order valence-electron chi connectivity index (χ2n) is 5.43. The fourth-order valence-corrected chi connectivity index (χ4v) is 2.46. The van der Waals surface area contributed by atoms with Gasteiger partial charge >= 0.3 is 0 Å². The highest BCUT2D eigenvalue weighted by Crippen LogP contribution is 2.34. The van der Waals surface area contributed by atoms with Crippen molar-refractivity contribution in [1.82, 2.24) is 0 Å². The molecule has 0 saturated carbocycles. The van der Waals surface area contributed by atoms with Gasteiger partial charge in [0.1, 0.15) is 0 Å². The van der Waals surface area contributed by atoms with Crippen LogP contribution in [0.2, 0.25) is 0 Å². The van der Waals surface area contributed by atoms with Crippen molar-refractivity contribution in [3.05, 3.63) is 75.9 Å². The van der Waals surface area contributed by atoms with E-state index in [1.54, 1.807) is 24.3 Å². The Morgan fingerprint density at radius 1 is 1.38 bits per heavy atom. The van der Waals surface area contributed by atoms with Crippen molar-refractivity contribution >= 4 is 17.3 Å². The number of hydrogen-bond acceptors (Lipinski definition) is 5. The fourth-order valence-electron chi connectivity index (χ4n) is 2.46. The minimum Gasteiger partial charge on any atom is -0.504 e. The zero-order valence-electron chi connectivity index (χ0n) is 14.3. The van der Waals surface area contributed by atoms with Crippen LogP contribution in [-0.4, -0.2) is 16.6 Å². The van der Waals surface area contributed by atoms with Crippen molar-refractivity contribution in [2.75, 3.05) is 6.61 Å². The lowest BCUT2D eigenvalue weighted by Crippen LogP contribution is -1.95. The number of aromatic hydroxyl groups is 1. The Hall–Kier alpha value is -3.59. The first-order valence-electron chi connectivity index (χ1n) is 7.96. The molecular formula is C20H18N2O4. The van der Waals surface area contributed by atoms with Gasteiger partial charge in [0.15, 0.2) is 11.5 Å². The van der Waals surface area contributed by atoms with Crippen LogP contribution in [0.1, 0.15) is 23.6 Å². The van der Waals surface area contributed by atoms with Gasteiger partial charge in [-0.25, -0.2) is 0 Å². The van der Waals surface area contributed by atoms with E-state index in [4.69, 9.17) is 4.74 Å². The number of hydrogen-bond donors (Lipinski definition) is 1. The molecule has 1 N–H and O–H groups in total. The predicted octanol–water partition coefficient (Wildman–Crippen LogP) is 4.49. The third-order valence-corrected chi connectivity index (χ3v) is 3.66. The Kier molecular flexibility index (Phi) is 6.12. The molecule has 2 aromatic rings. The number of rotatable bonds is 7. The van der Waals surface area contributed by atoms with Crippen LogP contribution in [0.25, 0.3) is 11.6 Å². The van der Waals surface area contributed by atoms with Gasteiger partial charge in [-0.3, -0.25) is 10.1 Å². The van der Waals surface area contributed by atoms with Crippen LogP contribution < -0.4 is 4.74 Å². The second kappa shape index (κ2) is 8.49. The highest BCUT2D eigenvalue weighted by atomic mass is 16.6. The molecule has 2 aromatic carbocycles. The van der Waals surface area contributed by atoms with Gasteiger partial charge in [0.2, 0.25) is 0 Å². The molecule has 0 aliphatic rings. The maximum absolute atomic E-state index is 10.8. The molecule has 0 aromatic heterocycles. The molecule has 0 aliphatic carbocycles. The minimum atomic E-state index is -0.491. The Balaban J connectivity index is 2.49. The molecule has 2 rings (SSSR count). The van der Waals surface area contributed by atoms with Gasteiger partial charge < -0.3 is 9.84 Å². The van der Waals surface area contributed by atoms with E-state index < -0.39 is 4.92 Å². The third kappa shape index (κ3) is 4.28. The van der Waals surface area contributed by atoms with Crippen LogP contribution in [0.4, 0.5) is 5.69 Å². The maximum Gasteiger partial charge on any atom is 0.269 e. The number of ether oxygens (including phenoxy) is 1. The molecule has 6 heteroatoms. The summed E-state index contributed by atoms with van der Waals surface area (Å²) in [5.41, 5.74) is 2.19. The van der Waals surface area contributed by atoms with E-state index in [1.807, 2.05) is 6.92 Å². The van der Waals surface area contributed by atoms with E-state index in [-0.39, 0.29) is 11.4 Å². The van der Waals surface area contributed by atoms with Crippen LogP contribution in [0.15, 0.2) is 49.1 Å². The van der Waals surface area contributed by atoms with Crippen molar-refractivity contribution in [2.24, 2.45) is 0 Å².